The van der Waals surface area contributed by atoms with Gasteiger partial charge in [-0.3, -0.25) is 4.31 Å². The summed E-state index contributed by atoms with van der Waals surface area (Å²) in [6.07, 6.45) is 3.84. The summed E-state index contributed by atoms with van der Waals surface area (Å²) in [7, 11) is -6.06. The number of benzene rings is 3. The predicted molar refractivity (Wildman–Crippen MR) is 176 cm³/mol. The van der Waals surface area contributed by atoms with Gasteiger partial charge < -0.3 is 5.32 Å². The van der Waals surface area contributed by atoms with Crippen LogP contribution < -0.4 is 9.62 Å². The van der Waals surface area contributed by atoms with E-state index in [-0.39, 0.29) is 38.9 Å². The molecule has 0 radical (unpaired) electrons. The van der Waals surface area contributed by atoms with Crippen molar-refractivity contribution in [1.82, 2.24) is 9.62 Å². The fraction of sp³-hybridized carbons (Fsp3) is 0.400. The Hall–Kier alpha value is -1.56. The summed E-state index contributed by atoms with van der Waals surface area (Å²) in [5.41, 5.74) is 2.22. The Morgan fingerprint density at radius 3 is 2.21 bits per heavy atom. The zero-order valence-corrected chi connectivity index (χ0v) is 28.4. The number of nitrogens with zero attached hydrogens (tertiary/aromatic N) is 2. The van der Waals surface area contributed by atoms with Crippen molar-refractivity contribution in [3.05, 3.63) is 91.9 Å². The second kappa shape index (κ2) is 12.7. The zero-order chi connectivity index (χ0) is 31.2. The Bertz CT molecular complexity index is 1710. The predicted octanol–water partition coefficient (Wildman–Crippen LogP) is 6.95. The molecule has 2 heterocycles. The number of para-hydroxylation sites is 1. The van der Waals surface area contributed by atoms with E-state index in [0.29, 0.717) is 22.9 Å². The topological polar surface area (TPSA) is 86.8 Å². The van der Waals surface area contributed by atoms with Crippen LogP contribution >= 0.6 is 46.4 Å². The van der Waals surface area contributed by atoms with Crippen LogP contribution in [-0.4, -0.2) is 60.1 Å². The van der Waals surface area contributed by atoms with Crippen LogP contribution in [0.4, 0.5) is 5.69 Å². The van der Waals surface area contributed by atoms with Gasteiger partial charge >= 0.3 is 0 Å². The number of anilines is 1. The summed E-state index contributed by atoms with van der Waals surface area (Å²) < 4.78 is 56.8. The molecule has 1 fully saturated rings. The van der Waals surface area contributed by atoms with E-state index in [1.54, 1.807) is 16.4 Å². The highest BCUT2D eigenvalue weighted by molar-refractivity contribution is 7.92. The van der Waals surface area contributed by atoms with Crippen molar-refractivity contribution in [3.63, 3.8) is 0 Å². The zero-order valence-electron chi connectivity index (χ0n) is 23.7. The molecule has 1 unspecified atom stereocenters. The third-order valence-electron chi connectivity index (χ3n) is 8.68. The van der Waals surface area contributed by atoms with E-state index in [1.807, 2.05) is 30.3 Å². The van der Waals surface area contributed by atoms with Gasteiger partial charge in [-0.1, -0.05) is 70.7 Å². The SMILES string of the molecule is CN(C[C@@H](CCC1N(S(C)(=O)=O)c2ccccc2C12CCNCC2)c1ccc(Cl)c(Cl)c1)S(=O)(=O)c1cc(Cl)cc(Cl)c1. The van der Waals surface area contributed by atoms with Gasteiger partial charge in [-0.15, -0.1) is 0 Å². The summed E-state index contributed by atoms with van der Waals surface area (Å²) in [5.74, 6) is -0.326. The molecule has 0 saturated carbocycles. The van der Waals surface area contributed by atoms with Gasteiger partial charge in [0.05, 0.1) is 32.9 Å². The normalized spacial score (nSPS) is 19.1. The van der Waals surface area contributed by atoms with Crippen molar-refractivity contribution < 1.29 is 16.8 Å². The van der Waals surface area contributed by atoms with Crippen molar-refractivity contribution in [2.45, 2.75) is 48.0 Å². The summed E-state index contributed by atoms with van der Waals surface area (Å²) in [5, 5.41) is 4.61. The van der Waals surface area contributed by atoms with Crippen molar-refractivity contribution >= 4 is 72.1 Å². The van der Waals surface area contributed by atoms with E-state index in [2.05, 4.69) is 5.32 Å². The van der Waals surface area contributed by atoms with Gasteiger partial charge in [0.1, 0.15) is 0 Å². The minimum atomic E-state index is -3.96. The maximum absolute atomic E-state index is 13.6. The maximum Gasteiger partial charge on any atom is 0.242 e. The molecule has 3 aromatic rings. The van der Waals surface area contributed by atoms with Crippen LogP contribution in [0.5, 0.6) is 0 Å². The highest BCUT2D eigenvalue weighted by Crippen LogP contribution is 2.53. The number of likely N-dealkylation sites (N-methyl/N-ethyl adjacent to an activating group) is 1. The highest BCUT2D eigenvalue weighted by Gasteiger charge is 2.53. The summed E-state index contributed by atoms with van der Waals surface area (Å²) in [4.78, 5) is -0.0106. The summed E-state index contributed by atoms with van der Waals surface area (Å²) in [6, 6.07) is 16.9. The largest absolute Gasteiger partial charge is 0.317 e. The molecule has 0 aliphatic carbocycles. The Morgan fingerprint density at radius 1 is 0.930 bits per heavy atom. The van der Waals surface area contributed by atoms with Crippen molar-refractivity contribution in [3.8, 4) is 0 Å². The van der Waals surface area contributed by atoms with Crippen LogP contribution in [0.25, 0.3) is 0 Å². The Morgan fingerprint density at radius 2 is 1.58 bits per heavy atom. The number of hydrogen-bond donors (Lipinski definition) is 1. The lowest BCUT2D eigenvalue weighted by Crippen LogP contribution is -2.52. The van der Waals surface area contributed by atoms with Gasteiger partial charge in [-0.25, -0.2) is 21.1 Å². The monoisotopic (exact) mass is 703 g/mol. The first-order chi connectivity index (χ1) is 20.2. The molecule has 13 heteroatoms. The third kappa shape index (κ3) is 6.56. The smallest absolute Gasteiger partial charge is 0.242 e. The van der Waals surface area contributed by atoms with Gasteiger partial charge in [0.2, 0.25) is 20.0 Å². The quantitative estimate of drug-likeness (QED) is 0.261. The lowest BCUT2D eigenvalue weighted by molar-refractivity contribution is 0.257. The van der Waals surface area contributed by atoms with Gasteiger partial charge in [0.15, 0.2) is 0 Å². The molecule has 2 atom stereocenters. The van der Waals surface area contributed by atoms with Gasteiger partial charge in [0.25, 0.3) is 0 Å². The van der Waals surface area contributed by atoms with Crippen LogP contribution in [0.1, 0.15) is 42.7 Å². The van der Waals surface area contributed by atoms with Crippen molar-refractivity contribution in [2.75, 3.05) is 37.2 Å². The fourth-order valence-electron chi connectivity index (χ4n) is 6.69. The Balaban J connectivity index is 1.51. The van der Waals surface area contributed by atoms with Gasteiger partial charge in [-0.05, 0) is 92.2 Å². The molecule has 0 aromatic heterocycles. The van der Waals surface area contributed by atoms with E-state index in [1.165, 1.54) is 35.8 Å². The first-order valence-electron chi connectivity index (χ1n) is 13.9. The maximum atomic E-state index is 13.6. The number of halogens is 4. The fourth-order valence-corrected chi connectivity index (χ4v) is 10.2. The van der Waals surface area contributed by atoms with E-state index >= 15 is 0 Å². The van der Waals surface area contributed by atoms with E-state index < -0.39 is 20.0 Å². The van der Waals surface area contributed by atoms with Crippen LogP contribution in [0, 0.1) is 0 Å². The first kappa shape index (κ1) is 32.8. The van der Waals surface area contributed by atoms with Crippen LogP contribution in [-0.2, 0) is 25.5 Å². The number of nitrogens with one attached hydrogen (secondary N) is 1. The molecule has 43 heavy (non-hydrogen) atoms. The molecule has 2 aliphatic rings. The highest BCUT2D eigenvalue weighted by atomic mass is 35.5. The molecule has 5 rings (SSSR count). The average molecular weight is 706 g/mol. The molecule has 3 aromatic carbocycles. The lowest BCUT2D eigenvalue weighted by atomic mass is 9.68. The molecular weight excluding hydrogens is 672 g/mol. The second-order valence-electron chi connectivity index (χ2n) is 11.3. The number of rotatable bonds is 9. The van der Waals surface area contributed by atoms with Crippen molar-refractivity contribution in [2.24, 2.45) is 0 Å². The summed E-state index contributed by atoms with van der Waals surface area (Å²) >= 11 is 24.9. The Kier molecular flexibility index (Phi) is 9.68. The molecule has 7 nitrogen and oxygen atoms in total. The van der Waals surface area contributed by atoms with E-state index in [9.17, 15) is 16.8 Å². The van der Waals surface area contributed by atoms with Gasteiger partial charge in [0, 0.05) is 29.1 Å². The number of sulfonamides is 2. The number of hydrogen-bond acceptors (Lipinski definition) is 5. The minimum Gasteiger partial charge on any atom is -0.317 e. The number of fused-ring (bicyclic) bond motifs is 2. The van der Waals surface area contributed by atoms with E-state index in [0.717, 1.165) is 42.7 Å². The van der Waals surface area contributed by atoms with Crippen LogP contribution in [0.15, 0.2) is 65.6 Å². The first-order valence-corrected chi connectivity index (χ1v) is 18.7. The Labute approximate surface area is 274 Å². The molecule has 1 N–H and O–H groups in total. The molecule has 232 valence electrons. The van der Waals surface area contributed by atoms with Crippen LogP contribution in [0.2, 0.25) is 20.1 Å². The standard InChI is InChI=1S/C30H33Cl4N3O4S2/c1-36(43(40,41)24-17-22(31)16-23(32)18-24)19-21(20-7-9-26(33)27(34)15-20)8-10-29-30(11-13-35-14-12-30)25-5-3-4-6-28(25)37(29)42(2,38)39/h3-7,9,15-18,21,29,35H,8,10-14,19H2,1-2H3/t21-,29?/m1/s1. The van der Waals surface area contributed by atoms with Gasteiger partial charge in [-0.2, -0.15) is 0 Å². The number of piperidine rings is 1. The minimum absolute atomic E-state index is 0.0106. The molecule has 1 spiro atoms. The summed E-state index contributed by atoms with van der Waals surface area (Å²) in [6.45, 7) is 1.67. The second-order valence-corrected chi connectivity index (χ2v) is 16.9. The molecule has 1 saturated heterocycles. The molecule has 0 amide bonds. The molecule has 2 aliphatic heterocycles. The van der Waals surface area contributed by atoms with Crippen molar-refractivity contribution in [1.29, 1.82) is 0 Å². The van der Waals surface area contributed by atoms with Crippen LogP contribution in [0.3, 0.4) is 0 Å². The van der Waals surface area contributed by atoms with E-state index in [4.69, 9.17) is 46.4 Å². The average Bonchev–Trinajstić information content (AvgIpc) is 3.21. The lowest BCUT2D eigenvalue weighted by Gasteiger charge is -2.42. The molecular formula is C30H33Cl4N3O4S2. The molecule has 0 bridgehead atoms. The third-order valence-corrected chi connectivity index (χ3v) is 12.8.